The largest absolute Gasteiger partial charge is 0.416 e. The zero-order chi connectivity index (χ0) is 31.2. The van der Waals surface area contributed by atoms with Crippen LogP contribution in [0.1, 0.15) is 26.6 Å². The highest BCUT2D eigenvalue weighted by Crippen LogP contribution is 2.34. The first-order chi connectivity index (χ1) is 21.8. The highest BCUT2D eigenvalue weighted by atomic mass is 32.2. The summed E-state index contributed by atoms with van der Waals surface area (Å²) in [7, 11) is 0. The number of alkyl halides is 3. The van der Waals surface area contributed by atoms with E-state index in [0.717, 1.165) is 37.3 Å². The Balaban J connectivity index is 1.11. The smallest absolute Gasteiger partial charge is 0.335 e. The fourth-order valence-corrected chi connectivity index (χ4v) is 6.64. The number of thiazole rings is 1. The molecule has 4 heterocycles. The average Bonchev–Trinajstić information content (AvgIpc) is 3.72. The second-order valence-electron chi connectivity index (χ2n) is 10.3. The lowest BCUT2D eigenvalue weighted by molar-refractivity contribution is -0.137. The maximum atomic E-state index is 13.5. The van der Waals surface area contributed by atoms with Crippen LogP contribution in [0.5, 0.6) is 0 Å². The molecule has 1 saturated heterocycles. The van der Waals surface area contributed by atoms with Crippen molar-refractivity contribution in [1.29, 1.82) is 0 Å². The monoisotopic (exact) mass is 647 g/mol. The summed E-state index contributed by atoms with van der Waals surface area (Å²) in [4.78, 5) is 26.1. The molecule has 2 aromatic carbocycles. The summed E-state index contributed by atoms with van der Waals surface area (Å²) in [6, 6.07) is 18.7. The van der Waals surface area contributed by atoms with Gasteiger partial charge >= 0.3 is 6.18 Å². The van der Waals surface area contributed by atoms with Gasteiger partial charge in [0.05, 0.1) is 17.0 Å². The summed E-state index contributed by atoms with van der Waals surface area (Å²) < 4.78 is 42.2. The predicted octanol–water partition coefficient (Wildman–Crippen LogP) is 6.57. The molecule has 0 spiro atoms. The summed E-state index contributed by atoms with van der Waals surface area (Å²) in [5, 5.41) is 11.4. The molecule has 0 saturated carbocycles. The number of pyridine rings is 1. The minimum Gasteiger partial charge on any atom is -0.335 e. The van der Waals surface area contributed by atoms with Crippen molar-refractivity contribution >= 4 is 35.1 Å². The summed E-state index contributed by atoms with van der Waals surface area (Å²) in [6.07, 6.45) is 2.94. The van der Waals surface area contributed by atoms with Gasteiger partial charge in [0.1, 0.15) is 10.7 Å². The number of benzene rings is 2. The first-order valence-corrected chi connectivity index (χ1v) is 16.1. The van der Waals surface area contributed by atoms with Crippen LogP contribution in [0, 0.1) is 0 Å². The number of piperazine rings is 1. The molecule has 3 aromatic heterocycles. The summed E-state index contributed by atoms with van der Waals surface area (Å²) in [5.41, 5.74) is 1.68. The molecule has 1 aliphatic rings. The van der Waals surface area contributed by atoms with Crippen molar-refractivity contribution in [3.05, 3.63) is 112 Å². The molecule has 5 aromatic rings. The minimum atomic E-state index is -4.50. The zero-order valence-electron chi connectivity index (χ0n) is 24.0. The highest BCUT2D eigenvalue weighted by molar-refractivity contribution is 7.98. The fourth-order valence-electron chi connectivity index (χ4n) is 4.90. The van der Waals surface area contributed by atoms with E-state index in [1.54, 1.807) is 40.5 Å². The molecule has 0 radical (unpaired) electrons. The Kier molecular flexibility index (Phi) is 9.38. The van der Waals surface area contributed by atoms with Gasteiger partial charge in [0.2, 0.25) is 0 Å². The molecular weight excluding hydrogens is 620 g/mol. The van der Waals surface area contributed by atoms with E-state index in [2.05, 4.69) is 49.4 Å². The van der Waals surface area contributed by atoms with Crippen molar-refractivity contribution in [1.82, 2.24) is 34.5 Å². The number of rotatable bonds is 9. The molecule has 0 aliphatic carbocycles. The Hall–Kier alpha value is -4.33. The summed E-state index contributed by atoms with van der Waals surface area (Å²) in [6.45, 7) is 3.63. The Bertz CT molecular complexity index is 1770. The van der Waals surface area contributed by atoms with E-state index in [-0.39, 0.29) is 11.6 Å². The van der Waals surface area contributed by atoms with Crippen LogP contribution in [0.3, 0.4) is 0 Å². The van der Waals surface area contributed by atoms with Crippen molar-refractivity contribution in [3.8, 4) is 17.1 Å². The van der Waals surface area contributed by atoms with Gasteiger partial charge in [-0.15, -0.1) is 21.5 Å². The molecule has 13 heteroatoms. The van der Waals surface area contributed by atoms with Crippen molar-refractivity contribution in [2.24, 2.45) is 0 Å². The van der Waals surface area contributed by atoms with Gasteiger partial charge in [0, 0.05) is 56.1 Å². The van der Waals surface area contributed by atoms with Gasteiger partial charge in [-0.3, -0.25) is 19.2 Å². The van der Waals surface area contributed by atoms with E-state index in [4.69, 9.17) is 0 Å². The Morgan fingerprint density at radius 2 is 1.80 bits per heavy atom. The second-order valence-corrected chi connectivity index (χ2v) is 12.1. The normalized spacial score (nSPS) is 14.3. The zero-order valence-corrected chi connectivity index (χ0v) is 25.6. The van der Waals surface area contributed by atoms with Crippen molar-refractivity contribution in [2.45, 2.75) is 17.1 Å². The van der Waals surface area contributed by atoms with Gasteiger partial charge in [-0.2, -0.15) is 13.2 Å². The molecule has 230 valence electrons. The van der Waals surface area contributed by atoms with Gasteiger partial charge in [-0.1, -0.05) is 60.3 Å². The molecule has 8 nitrogen and oxygen atoms in total. The van der Waals surface area contributed by atoms with Gasteiger partial charge < -0.3 is 4.90 Å². The first-order valence-electron chi connectivity index (χ1n) is 14.2. The lowest BCUT2D eigenvalue weighted by Gasteiger charge is -2.33. The predicted molar refractivity (Wildman–Crippen MR) is 169 cm³/mol. The number of nitrogens with zero attached hydrogens (tertiary/aromatic N) is 7. The first kappa shape index (κ1) is 30.7. The molecule has 1 fully saturated rings. The van der Waals surface area contributed by atoms with Crippen LogP contribution >= 0.6 is 23.1 Å². The molecule has 1 aliphatic heterocycles. The number of amides is 1. The Morgan fingerprint density at radius 3 is 2.56 bits per heavy atom. The van der Waals surface area contributed by atoms with Crippen LogP contribution in [0.2, 0.25) is 0 Å². The summed E-state index contributed by atoms with van der Waals surface area (Å²) in [5.74, 6) is 0.631. The Morgan fingerprint density at radius 1 is 0.978 bits per heavy atom. The van der Waals surface area contributed by atoms with E-state index < -0.39 is 11.7 Å². The SMILES string of the molecule is O=C(c1csc(CSc2nnc(-c3cccnc3)n2-c2cccc(C(F)(F)F)c2)n1)N1CCN(CC=Cc2ccccc2)CC1. The quantitative estimate of drug-likeness (QED) is 0.168. The molecule has 0 N–H and O–H groups in total. The molecule has 0 unspecified atom stereocenters. The van der Waals surface area contributed by atoms with Crippen molar-refractivity contribution in [2.75, 3.05) is 32.7 Å². The Labute approximate surface area is 266 Å². The molecular formula is C32H28F3N7OS2. The van der Waals surface area contributed by atoms with E-state index in [0.29, 0.717) is 46.1 Å². The number of hydrogen-bond acceptors (Lipinski definition) is 8. The molecule has 0 atom stereocenters. The fraction of sp³-hybridized carbons (Fsp3) is 0.219. The average molecular weight is 648 g/mol. The van der Waals surface area contributed by atoms with Gasteiger partial charge in [0.25, 0.3) is 5.91 Å². The van der Waals surface area contributed by atoms with E-state index in [1.165, 1.54) is 29.2 Å². The maximum absolute atomic E-state index is 13.5. The number of aromatic nitrogens is 5. The topological polar surface area (TPSA) is 80.0 Å². The van der Waals surface area contributed by atoms with Crippen LogP contribution in [0.25, 0.3) is 23.2 Å². The van der Waals surface area contributed by atoms with E-state index >= 15 is 0 Å². The van der Waals surface area contributed by atoms with Crippen LogP contribution in [-0.2, 0) is 11.9 Å². The lowest BCUT2D eigenvalue weighted by atomic mass is 10.2. The van der Waals surface area contributed by atoms with E-state index in [1.807, 2.05) is 23.1 Å². The number of thioether (sulfide) groups is 1. The maximum Gasteiger partial charge on any atom is 0.416 e. The number of hydrogen-bond donors (Lipinski definition) is 0. The third kappa shape index (κ3) is 7.49. The molecule has 45 heavy (non-hydrogen) atoms. The van der Waals surface area contributed by atoms with Crippen LogP contribution in [0.15, 0.2) is 95.7 Å². The number of carbonyl (C=O) groups excluding carboxylic acids is 1. The molecule has 1 amide bonds. The standard InChI is InChI=1S/C32H28F3N7OS2/c33-32(34,35)25-11-4-12-26(19-25)42-29(24-10-5-13-36-20-24)38-39-31(42)45-22-28-37-27(21-44-28)30(43)41-17-15-40(16-18-41)14-6-9-23-7-2-1-3-8-23/h1-13,19-21H,14-18,22H2. The highest BCUT2D eigenvalue weighted by Gasteiger charge is 2.31. The van der Waals surface area contributed by atoms with Gasteiger partial charge in [0.15, 0.2) is 11.0 Å². The number of carbonyl (C=O) groups is 1. The third-order valence-corrected chi connectivity index (χ3v) is 9.19. The molecule has 0 bridgehead atoms. The lowest BCUT2D eigenvalue weighted by Crippen LogP contribution is -2.48. The van der Waals surface area contributed by atoms with Crippen LogP contribution in [-0.4, -0.2) is 73.2 Å². The third-order valence-electron chi connectivity index (χ3n) is 7.21. The minimum absolute atomic E-state index is 0.104. The van der Waals surface area contributed by atoms with Crippen molar-refractivity contribution < 1.29 is 18.0 Å². The summed E-state index contributed by atoms with van der Waals surface area (Å²) >= 11 is 2.65. The molecule has 6 rings (SSSR count). The van der Waals surface area contributed by atoms with Crippen LogP contribution in [0.4, 0.5) is 13.2 Å². The second kappa shape index (κ2) is 13.8. The van der Waals surface area contributed by atoms with E-state index in [9.17, 15) is 18.0 Å². The van der Waals surface area contributed by atoms with Gasteiger partial charge in [-0.05, 0) is 35.9 Å². The number of halogens is 3. The van der Waals surface area contributed by atoms with Crippen molar-refractivity contribution in [3.63, 3.8) is 0 Å². The van der Waals surface area contributed by atoms with Crippen LogP contribution < -0.4 is 0 Å². The van der Waals surface area contributed by atoms with Gasteiger partial charge in [-0.25, -0.2) is 4.98 Å².